The summed E-state index contributed by atoms with van der Waals surface area (Å²) in [4.78, 5) is 14.1. The number of carbonyl (C=O) groups is 1. The van der Waals surface area contributed by atoms with Gasteiger partial charge in [-0.2, -0.15) is 0 Å². The highest BCUT2D eigenvalue weighted by atomic mass is 19.1. The van der Waals surface area contributed by atoms with E-state index in [9.17, 15) is 9.18 Å². The third-order valence-corrected chi connectivity index (χ3v) is 5.92. The highest BCUT2D eigenvalue weighted by molar-refractivity contribution is 6.00. The quantitative estimate of drug-likeness (QED) is 0.246. The zero-order valence-electron chi connectivity index (χ0n) is 17.9. The lowest BCUT2D eigenvalue weighted by Crippen LogP contribution is -2.53. The van der Waals surface area contributed by atoms with Gasteiger partial charge in [-0.1, -0.05) is 30.9 Å². The number of benzene rings is 1. The number of halogens is 1. The molecule has 0 spiro atoms. The van der Waals surface area contributed by atoms with Gasteiger partial charge >= 0.3 is 0 Å². The fourth-order valence-corrected chi connectivity index (χ4v) is 4.03. The SMILES string of the molecule is C=C/C(=C\C=C/C)C1=CC(C2(C)CO2)=C(CC2CC(=O)N2c2ccc(F)cc2)C=C=C1. The Bertz CT molecular complexity index is 1090. The van der Waals surface area contributed by atoms with Gasteiger partial charge in [-0.05, 0) is 85.1 Å². The summed E-state index contributed by atoms with van der Waals surface area (Å²) in [6.45, 7) is 8.68. The zero-order valence-corrected chi connectivity index (χ0v) is 17.9. The Kier molecular flexibility index (Phi) is 5.77. The van der Waals surface area contributed by atoms with Crippen LogP contribution in [0.2, 0.25) is 0 Å². The van der Waals surface area contributed by atoms with Crippen LogP contribution in [-0.4, -0.2) is 24.2 Å². The van der Waals surface area contributed by atoms with E-state index in [1.165, 1.54) is 12.1 Å². The maximum Gasteiger partial charge on any atom is 0.229 e. The van der Waals surface area contributed by atoms with Crippen LogP contribution in [0.25, 0.3) is 0 Å². The van der Waals surface area contributed by atoms with Gasteiger partial charge in [0.15, 0.2) is 0 Å². The minimum atomic E-state index is -0.335. The van der Waals surface area contributed by atoms with E-state index in [0.717, 1.165) is 28.0 Å². The minimum absolute atomic E-state index is 0.0238. The number of allylic oxidation sites excluding steroid dienone is 7. The highest BCUT2D eigenvalue weighted by Crippen LogP contribution is 2.42. The Morgan fingerprint density at radius 3 is 2.71 bits per heavy atom. The van der Waals surface area contributed by atoms with E-state index in [0.29, 0.717) is 19.4 Å². The Hall–Kier alpha value is -3.20. The number of rotatable bonds is 7. The molecule has 1 amide bonds. The van der Waals surface area contributed by atoms with Crippen LogP contribution in [-0.2, 0) is 9.53 Å². The first-order chi connectivity index (χ1) is 14.9. The first-order valence-electron chi connectivity index (χ1n) is 10.5. The summed E-state index contributed by atoms with van der Waals surface area (Å²) in [6, 6.07) is 6.11. The van der Waals surface area contributed by atoms with E-state index >= 15 is 0 Å². The summed E-state index contributed by atoms with van der Waals surface area (Å²) in [5.41, 5.74) is 7.93. The average molecular weight is 416 g/mol. The van der Waals surface area contributed by atoms with Gasteiger partial charge in [-0.15, -0.1) is 5.73 Å². The predicted octanol–water partition coefficient (Wildman–Crippen LogP) is 5.75. The lowest BCUT2D eigenvalue weighted by molar-refractivity contribution is -0.124. The number of nitrogens with zero attached hydrogens (tertiary/aromatic N) is 1. The van der Waals surface area contributed by atoms with Crippen molar-refractivity contribution in [1.82, 2.24) is 0 Å². The van der Waals surface area contributed by atoms with Crippen LogP contribution < -0.4 is 4.90 Å². The molecule has 0 radical (unpaired) electrons. The second-order valence-electron chi connectivity index (χ2n) is 8.17. The van der Waals surface area contributed by atoms with Crippen molar-refractivity contribution in [2.75, 3.05) is 11.5 Å². The highest BCUT2D eigenvalue weighted by Gasteiger charge is 2.45. The smallest absolute Gasteiger partial charge is 0.229 e. The van der Waals surface area contributed by atoms with Crippen molar-refractivity contribution in [3.05, 3.63) is 107 Å². The molecule has 158 valence electrons. The molecule has 2 heterocycles. The van der Waals surface area contributed by atoms with Crippen LogP contribution in [0, 0.1) is 5.82 Å². The number of ether oxygens (including phenoxy) is 1. The van der Waals surface area contributed by atoms with Crippen LogP contribution in [0.3, 0.4) is 0 Å². The summed E-state index contributed by atoms with van der Waals surface area (Å²) >= 11 is 0. The molecule has 3 nitrogen and oxygen atoms in total. The Labute approximate surface area is 182 Å². The van der Waals surface area contributed by atoms with Gasteiger partial charge in [-0.25, -0.2) is 4.39 Å². The molecular weight excluding hydrogens is 389 g/mol. The van der Waals surface area contributed by atoms with Gasteiger partial charge in [0.1, 0.15) is 11.4 Å². The normalized spacial score (nSPS) is 25.6. The second-order valence-corrected chi connectivity index (χ2v) is 8.17. The lowest BCUT2D eigenvalue weighted by Gasteiger charge is -2.41. The maximum absolute atomic E-state index is 13.3. The molecule has 1 aliphatic carbocycles. The molecule has 3 aliphatic rings. The van der Waals surface area contributed by atoms with Gasteiger partial charge in [-0.3, -0.25) is 4.79 Å². The van der Waals surface area contributed by atoms with Crippen molar-refractivity contribution in [3.8, 4) is 0 Å². The van der Waals surface area contributed by atoms with E-state index in [-0.39, 0.29) is 23.4 Å². The topological polar surface area (TPSA) is 32.8 Å². The average Bonchev–Trinajstić information content (AvgIpc) is 3.53. The van der Waals surface area contributed by atoms with Crippen molar-refractivity contribution in [1.29, 1.82) is 0 Å². The van der Waals surface area contributed by atoms with Crippen molar-refractivity contribution < 1.29 is 13.9 Å². The van der Waals surface area contributed by atoms with Crippen molar-refractivity contribution in [2.45, 2.75) is 38.3 Å². The fraction of sp³-hybridized carbons (Fsp3) is 0.259. The lowest BCUT2D eigenvalue weighted by atomic mass is 9.86. The van der Waals surface area contributed by atoms with Gasteiger partial charge in [0.2, 0.25) is 5.91 Å². The van der Waals surface area contributed by atoms with E-state index in [2.05, 4.69) is 25.3 Å². The van der Waals surface area contributed by atoms with E-state index in [1.54, 1.807) is 17.0 Å². The molecule has 31 heavy (non-hydrogen) atoms. The molecule has 2 atom stereocenters. The van der Waals surface area contributed by atoms with E-state index in [1.807, 2.05) is 43.4 Å². The number of epoxide rings is 1. The van der Waals surface area contributed by atoms with Crippen LogP contribution in [0.4, 0.5) is 10.1 Å². The molecule has 4 rings (SSSR count). The summed E-state index contributed by atoms with van der Waals surface area (Å²) < 4.78 is 19.1. The summed E-state index contributed by atoms with van der Waals surface area (Å²) in [5.74, 6) is -0.254. The van der Waals surface area contributed by atoms with E-state index < -0.39 is 0 Å². The van der Waals surface area contributed by atoms with Gasteiger partial charge in [0, 0.05) is 18.2 Å². The summed E-state index contributed by atoms with van der Waals surface area (Å²) in [7, 11) is 0. The molecular formula is C27H26FNO2. The first-order valence-corrected chi connectivity index (χ1v) is 10.5. The molecule has 2 aliphatic heterocycles. The largest absolute Gasteiger partial charge is 0.365 e. The molecule has 2 saturated heterocycles. The second kappa shape index (κ2) is 8.50. The molecule has 2 fully saturated rings. The predicted molar refractivity (Wildman–Crippen MR) is 122 cm³/mol. The maximum atomic E-state index is 13.3. The van der Waals surface area contributed by atoms with Gasteiger partial charge in [0.25, 0.3) is 0 Å². The number of hydrogen-bond acceptors (Lipinski definition) is 2. The Balaban J connectivity index is 1.67. The molecule has 0 N–H and O–H groups in total. The van der Waals surface area contributed by atoms with Gasteiger partial charge < -0.3 is 9.64 Å². The standard InChI is InChI=1S/C27H26FNO2/c1-4-6-8-19(5-2)20-9-7-10-21(25(16-20)27(3)18-31-27)15-24-17-26(30)29(24)23-13-11-22(28)12-14-23/h4-6,8-14,16,24H,2,15,17-18H2,1,3H3/b6-4-,19-8+. The van der Waals surface area contributed by atoms with Crippen LogP contribution >= 0.6 is 0 Å². The van der Waals surface area contributed by atoms with Crippen molar-refractivity contribution >= 4 is 11.6 Å². The number of carbonyl (C=O) groups excluding carboxylic acids is 1. The number of amides is 1. The number of anilines is 1. The third kappa shape index (κ3) is 4.32. The third-order valence-electron chi connectivity index (χ3n) is 5.92. The Morgan fingerprint density at radius 1 is 1.35 bits per heavy atom. The number of hydrogen-bond donors (Lipinski definition) is 0. The summed E-state index contributed by atoms with van der Waals surface area (Å²) in [5, 5.41) is 0. The molecule has 1 aromatic carbocycles. The fourth-order valence-electron chi connectivity index (χ4n) is 4.03. The molecule has 2 unspecified atom stereocenters. The molecule has 0 aromatic heterocycles. The van der Waals surface area contributed by atoms with Crippen LogP contribution in [0.1, 0.15) is 26.7 Å². The van der Waals surface area contributed by atoms with Gasteiger partial charge in [0.05, 0.1) is 6.61 Å². The van der Waals surface area contributed by atoms with Crippen LogP contribution in [0.15, 0.2) is 101 Å². The Morgan fingerprint density at radius 2 is 2.10 bits per heavy atom. The monoisotopic (exact) mass is 415 g/mol. The molecule has 1 aromatic rings. The van der Waals surface area contributed by atoms with Crippen molar-refractivity contribution in [3.63, 3.8) is 0 Å². The van der Waals surface area contributed by atoms with Crippen molar-refractivity contribution in [2.24, 2.45) is 0 Å². The molecule has 0 saturated carbocycles. The minimum Gasteiger partial charge on any atom is -0.365 e. The van der Waals surface area contributed by atoms with E-state index in [4.69, 9.17) is 4.74 Å². The summed E-state index contributed by atoms with van der Waals surface area (Å²) in [6.07, 6.45) is 15.1. The first kappa shape index (κ1) is 21.0. The molecule has 0 bridgehead atoms. The zero-order chi connectivity index (χ0) is 22.0. The van der Waals surface area contributed by atoms with Crippen LogP contribution in [0.5, 0.6) is 0 Å². The molecule has 4 heteroatoms. The number of β-lactam (4-membered cyclic amide) rings is 1.